The van der Waals surface area contributed by atoms with Crippen LogP contribution in [-0.4, -0.2) is 18.1 Å². The first-order valence-corrected chi connectivity index (χ1v) is 8.97. The average Bonchev–Trinajstić information content (AvgIpc) is 2.55. The lowest BCUT2D eigenvalue weighted by Gasteiger charge is -2.18. The molecule has 0 bridgehead atoms. The van der Waals surface area contributed by atoms with Gasteiger partial charge in [0.1, 0.15) is 0 Å². The van der Waals surface area contributed by atoms with Crippen LogP contribution in [0.15, 0.2) is 54.6 Å². The molecule has 2 aromatic rings. The highest BCUT2D eigenvalue weighted by Crippen LogP contribution is 2.24. The molecule has 0 saturated carbocycles. The zero-order chi connectivity index (χ0) is 14.9. The predicted octanol–water partition coefficient (Wildman–Crippen LogP) is 5.15. The van der Waals surface area contributed by atoms with Gasteiger partial charge in [-0.1, -0.05) is 68.4 Å². The second kappa shape index (κ2) is 8.91. The Morgan fingerprint density at radius 3 is 2.19 bits per heavy atom. The normalized spacial score (nSPS) is 12.3. The van der Waals surface area contributed by atoms with E-state index in [1.54, 1.807) is 0 Å². The molecule has 0 aliphatic carbocycles. The number of nitrogens with one attached hydrogen (secondary N) is 1. The summed E-state index contributed by atoms with van der Waals surface area (Å²) in [4.78, 5) is 0. The van der Waals surface area contributed by atoms with Gasteiger partial charge in [0.15, 0.2) is 0 Å². The Bertz CT molecular complexity index is 507. The summed E-state index contributed by atoms with van der Waals surface area (Å²) in [7, 11) is 0. The van der Waals surface area contributed by atoms with Gasteiger partial charge in [0.25, 0.3) is 0 Å². The van der Waals surface area contributed by atoms with Gasteiger partial charge in [0, 0.05) is 11.8 Å². The maximum absolute atomic E-state index is 3.60. The number of benzene rings is 2. The van der Waals surface area contributed by atoms with Crippen LogP contribution in [0.3, 0.4) is 0 Å². The fourth-order valence-corrected chi connectivity index (χ4v) is 3.40. The van der Waals surface area contributed by atoms with Crippen molar-refractivity contribution in [2.45, 2.75) is 26.3 Å². The van der Waals surface area contributed by atoms with Crippen LogP contribution in [0.1, 0.15) is 31.9 Å². The summed E-state index contributed by atoms with van der Waals surface area (Å²) < 4.78 is 0. The van der Waals surface area contributed by atoms with Crippen molar-refractivity contribution < 1.29 is 0 Å². The van der Waals surface area contributed by atoms with Crippen molar-refractivity contribution in [3.05, 3.63) is 60.2 Å². The standard InChI is InChI=1S/C19H25NS/c1-3-14-21-15-19(20-4-2)18-12-10-17(11-13-18)16-8-6-5-7-9-16/h5-13,19-20H,3-4,14-15H2,1-2H3. The first-order chi connectivity index (χ1) is 10.3. The SMILES string of the molecule is CCCSCC(NCC)c1ccc(-c2ccccc2)cc1. The minimum Gasteiger partial charge on any atom is -0.310 e. The molecule has 0 saturated heterocycles. The third-order valence-corrected chi connectivity index (χ3v) is 4.77. The summed E-state index contributed by atoms with van der Waals surface area (Å²) in [6.07, 6.45) is 1.25. The van der Waals surface area contributed by atoms with E-state index in [1.807, 2.05) is 11.8 Å². The van der Waals surface area contributed by atoms with Gasteiger partial charge in [-0.15, -0.1) is 0 Å². The predicted molar refractivity (Wildman–Crippen MR) is 95.9 cm³/mol. The van der Waals surface area contributed by atoms with E-state index in [2.05, 4.69) is 73.8 Å². The van der Waals surface area contributed by atoms with Crippen molar-refractivity contribution in [3.63, 3.8) is 0 Å². The van der Waals surface area contributed by atoms with Crippen molar-refractivity contribution in [2.24, 2.45) is 0 Å². The zero-order valence-corrected chi connectivity index (χ0v) is 13.8. The summed E-state index contributed by atoms with van der Waals surface area (Å²) in [5.74, 6) is 2.39. The fourth-order valence-electron chi connectivity index (χ4n) is 2.40. The van der Waals surface area contributed by atoms with Crippen molar-refractivity contribution in [2.75, 3.05) is 18.1 Å². The Labute approximate surface area is 133 Å². The van der Waals surface area contributed by atoms with Crippen molar-refractivity contribution in [1.82, 2.24) is 5.32 Å². The molecule has 2 rings (SSSR count). The van der Waals surface area contributed by atoms with Gasteiger partial charge < -0.3 is 5.32 Å². The molecule has 0 radical (unpaired) electrons. The van der Waals surface area contributed by atoms with E-state index in [4.69, 9.17) is 0 Å². The smallest absolute Gasteiger partial charge is 0.0411 e. The molecule has 0 amide bonds. The third-order valence-electron chi connectivity index (χ3n) is 3.50. The van der Waals surface area contributed by atoms with Crippen LogP contribution in [0.2, 0.25) is 0 Å². The lowest BCUT2D eigenvalue weighted by Crippen LogP contribution is -2.23. The van der Waals surface area contributed by atoms with Crippen LogP contribution in [0.5, 0.6) is 0 Å². The van der Waals surface area contributed by atoms with E-state index in [0.29, 0.717) is 6.04 Å². The minimum atomic E-state index is 0.455. The second-order valence-electron chi connectivity index (χ2n) is 5.17. The van der Waals surface area contributed by atoms with Crippen LogP contribution in [0.4, 0.5) is 0 Å². The summed E-state index contributed by atoms with van der Waals surface area (Å²) in [5.41, 5.74) is 3.96. The lowest BCUT2D eigenvalue weighted by atomic mass is 10.0. The molecule has 1 atom stereocenters. The van der Waals surface area contributed by atoms with E-state index >= 15 is 0 Å². The van der Waals surface area contributed by atoms with Gasteiger partial charge in [-0.3, -0.25) is 0 Å². The molecule has 0 aliphatic rings. The quantitative estimate of drug-likeness (QED) is 0.677. The Morgan fingerprint density at radius 2 is 1.57 bits per heavy atom. The van der Waals surface area contributed by atoms with Crippen molar-refractivity contribution in [3.8, 4) is 11.1 Å². The van der Waals surface area contributed by atoms with Gasteiger partial charge in [0.2, 0.25) is 0 Å². The largest absolute Gasteiger partial charge is 0.310 e. The van der Waals surface area contributed by atoms with Crippen molar-refractivity contribution in [1.29, 1.82) is 0 Å². The van der Waals surface area contributed by atoms with Crippen LogP contribution in [0.25, 0.3) is 11.1 Å². The minimum absolute atomic E-state index is 0.455. The highest BCUT2D eigenvalue weighted by atomic mass is 32.2. The van der Waals surface area contributed by atoms with Crippen LogP contribution < -0.4 is 5.32 Å². The molecule has 1 N–H and O–H groups in total. The first kappa shape index (κ1) is 16.1. The fraction of sp³-hybridized carbons (Fsp3) is 0.368. The van der Waals surface area contributed by atoms with Gasteiger partial charge in [-0.2, -0.15) is 11.8 Å². The molecule has 21 heavy (non-hydrogen) atoms. The van der Waals surface area contributed by atoms with Gasteiger partial charge in [0.05, 0.1) is 0 Å². The Kier molecular flexibility index (Phi) is 6.84. The summed E-state index contributed by atoms with van der Waals surface area (Å²) in [6.45, 7) is 5.43. The molecular formula is C19H25NS. The van der Waals surface area contributed by atoms with Crippen molar-refractivity contribution >= 4 is 11.8 Å². The molecule has 1 unspecified atom stereocenters. The summed E-state index contributed by atoms with van der Waals surface area (Å²) >= 11 is 2.03. The van der Waals surface area contributed by atoms with Crippen LogP contribution in [-0.2, 0) is 0 Å². The molecule has 2 heteroatoms. The highest BCUT2D eigenvalue weighted by Gasteiger charge is 2.10. The molecular weight excluding hydrogens is 274 g/mol. The van der Waals surface area contributed by atoms with E-state index < -0.39 is 0 Å². The first-order valence-electron chi connectivity index (χ1n) is 7.81. The second-order valence-corrected chi connectivity index (χ2v) is 6.32. The van der Waals surface area contributed by atoms with Gasteiger partial charge in [-0.25, -0.2) is 0 Å². The number of hydrogen-bond donors (Lipinski definition) is 1. The summed E-state index contributed by atoms with van der Waals surface area (Å²) in [6, 6.07) is 20.0. The molecule has 0 fully saturated rings. The Morgan fingerprint density at radius 1 is 0.905 bits per heavy atom. The van der Waals surface area contributed by atoms with Crippen LogP contribution in [0, 0.1) is 0 Å². The molecule has 2 aromatic carbocycles. The topological polar surface area (TPSA) is 12.0 Å². The maximum atomic E-state index is 3.60. The monoisotopic (exact) mass is 299 g/mol. The lowest BCUT2D eigenvalue weighted by molar-refractivity contribution is 0.606. The number of hydrogen-bond acceptors (Lipinski definition) is 2. The molecule has 0 aromatic heterocycles. The Balaban J connectivity index is 2.08. The molecule has 0 heterocycles. The molecule has 112 valence electrons. The Hall–Kier alpha value is -1.25. The van der Waals surface area contributed by atoms with E-state index in [0.717, 1.165) is 12.3 Å². The number of thioether (sulfide) groups is 1. The number of rotatable bonds is 8. The maximum Gasteiger partial charge on any atom is 0.0411 e. The third kappa shape index (κ3) is 4.90. The van der Waals surface area contributed by atoms with E-state index in [1.165, 1.54) is 28.9 Å². The molecule has 0 spiro atoms. The highest BCUT2D eigenvalue weighted by molar-refractivity contribution is 7.99. The van der Waals surface area contributed by atoms with E-state index in [9.17, 15) is 0 Å². The molecule has 0 aliphatic heterocycles. The van der Waals surface area contributed by atoms with Gasteiger partial charge >= 0.3 is 0 Å². The van der Waals surface area contributed by atoms with E-state index in [-0.39, 0.29) is 0 Å². The average molecular weight is 299 g/mol. The summed E-state index contributed by atoms with van der Waals surface area (Å²) in [5, 5.41) is 3.60. The van der Waals surface area contributed by atoms with Gasteiger partial charge in [-0.05, 0) is 35.4 Å². The van der Waals surface area contributed by atoms with Crippen LogP contribution >= 0.6 is 11.8 Å². The zero-order valence-electron chi connectivity index (χ0n) is 13.0. The molecule has 1 nitrogen and oxygen atoms in total.